The first-order valence-electron chi connectivity index (χ1n) is 15.0. The third-order valence-corrected chi connectivity index (χ3v) is 8.80. The number of halogens is 2. The molecule has 10 nitrogen and oxygen atoms in total. The lowest BCUT2D eigenvalue weighted by atomic mass is 9.96. The predicted octanol–water partition coefficient (Wildman–Crippen LogP) is 4.59. The molecular weight excluding hydrogens is 594 g/mol. The van der Waals surface area contributed by atoms with Gasteiger partial charge in [0.2, 0.25) is 5.91 Å². The molecule has 0 unspecified atom stereocenters. The number of carbonyl (C=O) groups excluding carboxylic acids is 1. The van der Waals surface area contributed by atoms with Crippen LogP contribution in [0.25, 0.3) is 38.5 Å². The van der Waals surface area contributed by atoms with E-state index in [4.69, 9.17) is 4.74 Å². The average Bonchev–Trinajstić information content (AvgIpc) is 3.20. The minimum Gasteiger partial charge on any atom is -0.487 e. The zero-order valence-corrected chi connectivity index (χ0v) is 25.4. The number of aromatic amines is 1. The lowest BCUT2D eigenvalue weighted by molar-refractivity contribution is -0.126. The minimum atomic E-state index is -0.902. The van der Waals surface area contributed by atoms with Crippen LogP contribution in [0.2, 0.25) is 0 Å². The molecule has 0 bridgehead atoms. The van der Waals surface area contributed by atoms with Crippen molar-refractivity contribution in [1.82, 2.24) is 24.4 Å². The van der Waals surface area contributed by atoms with E-state index in [0.29, 0.717) is 29.9 Å². The quantitative estimate of drug-likeness (QED) is 0.291. The molecule has 2 aliphatic rings. The molecular formula is C34H30F2N6O4. The summed E-state index contributed by atoms with van der Waals surface area (Å²) in [5.74, 6) is -2.10. The van der Waals surface area contributed by atoms with E-state index in [2.05, 4.69) is 21.5 Å². The van der Waals surface area contributed by atoms with Gasteiger partial charge in [0, 0.05) is 43.2 Å². The molecule has 2 aromatic carbocycles. The normalized spacial score (nSPS) is 16.0. The van der Waals surface area contributed by atoms with Gasteiger partial charge in [-0.25, -0.2) is 13.6 Å². The summed E-state index contributed by atoms with van der Waals surface area (Å²) in [4.78, 5) is 54.9. The number of carbonyl (C=O) groups is 1. The van der Waals surface area contributed by atoms with Crippen molar-refractivity contribution >= 4 is 33.4 Å². The van der Waals surface area contributed by atoms with Crippen LogP contribution in [0.4, 0.5) is 14.6 Å². The predicted molar refractivity (Wildman–Crippen MR) is 171 cm³/mol. The summed E-state index contributed by atoms with van der Waals surface area (Å²) in [7, 11) is 0. The molecule has 1 saturated heterocycles. The van der Waals surface area contributed by atoms with Crippen LogP contribution in [-0.2, 0) is 4.79 Å². The summed E-state index contributed by atoms with van der Waals surface area (Å²) in [5.41, 5.74) is 0.282. The monoisotopic (exact) mass is 624 g/mol. The molecule has 0 radical (unpaired) electrons. The number of amides is 1. The van der Waals surface area contributed by atoms with Gasteiger partial charge in [-0.2, -0.15) is 4.98 Å². The molecule has 2 aliphatic heterocycles. The number of aromatic nitrogens is 4. The highest BCUT2D eigenvalue weighted by Gasteiger charge is 2.37. The number of hydrogen-bond acceptors (Lipinski definition) is 7. The van der Waals surface area contributed by atoms with Crippen LogP contribution in [0.5, 0.6) is 5.75 Å². The second-order valence-corrected chi connectivity index (χ2v) is 11.9. The topological polar surface area (TPSA) is 113 Å². The number of rotatable bonds is 4. The molecule has 46 heavy (non-hydrogen) atoms. The third kappa shape index (κ3) is 4.38. The fraction of sp³-hybridized carbons (Fsp3) is 0.265. The van der Waals surface area contributed by atoms with E-state index in [1.807, 2.05) is 25.7 Å². The fourth-order valence-electron chi connectivity index (χ4n) is 6.64. The van der Waals surface area contributed by atoms with Gasteiger partial charge >= 0.3 is 5.69 Å². The molecule has 0 aliphatic carbocycles. The first kappa shape index (κ1) is 29.3. The van der Waals surface area contributed by atoms with E-state index in [9.17, 15) is 14.4 Å². The Balaban J connectivity index is 1.61. The molecule has 1 N–H and O–H groups in total. The second kappa shape index (κ2) is 10.9. The van der Waals surface area contributed by atoms with Gasteiger partial charge in [-0.3, -0.25) is 19.1 Å². The Morgan fingerprint density at radius 2 is 1.96 bits per heavy atom. The maximum absolute atomic E-state index is 17.0. The van der Waals surface area contributed by atoms with Crippen molar-refractivity contribution in [1.29, 1.82) is 0 Å². The number of piperazine rings is 1. The minimum absolute atomic E-state index is 0.0406. The summed E-state index contributed by atoms with van der Waals surface area (Å²) >= 11 is 0. The van der Waals surface area contributed by atoms with Crippen LogP contribution >= 0.6 is 0 Å². The van der Waals surface area contributed by atoms with Gasteiger partial charge in [0.15, 0.2) is 11.6 Å². The Bertz CT molecular complexity index is 2230. The maximum atomic E-state index is 17.0. The van der Waals surface area contributed by atoms with Crippen LogP contribution in [-0.4, -0.2) is 62.6 Å². The summed E-state index contributed by atoms with van der Waals surface area (Å²) < 4.78 is 40.3. The molecule has 1 fully saturated rings. The number of hydrogen-bond donors (Lipinski definition) is 1. The molecule has 3 aromatic heterocycles. The number of H-pyrrole nitrogens is 1. The van der Waals surface area contributed by atoms with E-state index < -0.39 is 28.9 Å². The highest BCUT2D eigenvalue weighted by atomic mass is 19.1. The number of ether oxygens (including phenoxy) is 1. The van der Waals surface area contributed by atoms with E-state index in [0.717, 1.165) is 5.56 Å². The van der Waals surface area contributed by atoms with Gasteiger partial charge in [0.25, 0.3) is 5.56 Å². The largest absolute Gasteiger partial charge is 0.487 e. The summed E-state index contributed by atoms with van der Waals surface area (Å²) in [6.45, 7) is 10.1. The van der Waals surface area contributed by atoms with Gasteiger partial charge in [0.05, 0.1) is 33.7 Å². The Kier molecular flexibility index (Phi) is 6.95. The van der Waals surface area contributed by atoms with Crippen LogP contribution < -0.4 is 20.9 Å². The van der Waals surface area contributed by atoms with Crippen molar-refractivity contribution in [2.45, 2.75) is 32.7 Å². The van der Waals surface area contributed by atoms with Crippen LogP contribution in [0.15, 0.2) is 65.0 Å². The smallest absolute Gasteiger partial charge is 0.354 e. The van der Waals surface area contributed by atoms with E-state index in [-0.39, 0.29) is 64.0 Å². The lowest BCUT2D eigenvalue weighted by Gasteiger charge is -2.40. The number of aryl methyl sites for hydroxylation is 1. The second-order valence-electron chi connectivity index (χ2n) is 11.9. The van der Waals surface area contributed by atoms with Gasteiger partial charge in [-0.1, -0.05) is 26.5 Å². The number of nitrogens with one attached hydrogen (secondary N) is 1. The molecule has 234 valence electrons. The zero-order valence-electron chi connectivity index (χ0n) is 25.4. The molecule has 7 rings (SSSR count). The lowest BCUT2D eigenvalue weighted by Crippen LogP contribution is -2.56. The molecule has 5 heterocycles. The van der Waals surface area contributed by atoms with Crippen LogP contribution in [0.3, 0.4) is 0 Å². The number of pyridine rings is 2. The summed E-state index contributed by atoms with van der Waals surface area (Å²) in [6, 6.07) is 6.92. The van der Waals surface area contributed by atoms with Crippen LogP contribution in [0.1, 0.15) is 31.0 Å². The van der Waals surface area contributed by atoms with Crippen molar-refractivity contribution in [3.8, 4) is 22.6 Å². The van der Waals surface area contributed by atoms with Gasteiger partial charge in [-0.05, 0) is 54.1 Å². The molecule has 1 amide bonds. The highest BCUT2D eigenvalue weighted by Crippen LogP contribution is 2.45. The van der Waals surface area contributed by atoms with Crippen molar-refractivity contribution in [3.63, 3.8) is 0 Å². The third-order valence-electron chi connectivity index (χ3n) is 8.80. The summed E-state index contributed by atoms with van der Waals surface area (Å²) in [5, 5.41) is 0.592. The first-order chi connectivity index (χ1) is 22.1. The highest BCUT2D eigenvalue weighted by molar-refractivity contribution is 6.03. The maximum Gasteiger partial charge on any atom is 0.354 e. The van der Waals surface area contributed by atoms with E-state index >= 15 is 8.78 Å². The summed E-state index contributed by atoms with van der Waals surface area (Å²) in [6.07, 6.45) is 4.32. The molecule has 12 heteroatoms. The zero-order chi connectivity index (χ0) is 32.4. The Morgan fingerprint density at radius 3 is 2.72 bits per heavy atom. The Labute approximate surface area is 261 Å². The molecule has 5 aromatic rings. The fourth-order valence-corrected chi connectivity index (χ4v) is 6.64. The van der Waals surface area contributed by atoms with Crippen molar-refractivity contribution in [3.05, 3.63) is 99.1 Å². The number of nitrogens with zero attached hydrogens (tertiary/aromatic N) is 5. The van der Waals surface area contributed by atoms with E-state index in [1.165, 1.54) is 35.0 Å². The van der Waals surface area contributed by atoms with Gasteiger partial charge < -0.3 is 19.5 Å². The SMILES string of the molecule is C=CC(=O)N1CCN2c3nc(=O)n(-c4c(C)ccnc4C(C)C)c4cc(-c5c(F)ccc6cc[nH]c(=O)c56)c(F)c(c34)OC[C@H]2C1. The molecule has 1 atom stereocenters. The standard InChI is InChI=1S/C34H30F2N6O4/c1-5-24(43)40-12-13-41-20(15-40)16-46-31-27-23(42(34(45)39-32(27)41)30-18(4)8-10-37-29(30)17(2)3)14-21(28(31)36)26-22(35)7-6-19-9-11-38-33(44)25(19)26/h5-11,14,17,20H,1,12-13,15-16H2,2-4H3,(H,38,44)/t20-/m1/s1. The van der Waals surface area contributed by atoms with Crippen molar-refractivity contribution in [2.24, 2.45) is 0 Å². The number of fused-ring (bicyclic) bond motifs is 3. The average molecular weight is 625 g/mol. The number of benzene rings is 2. The van der Waals surface area contributed by atoms with Crippen LogP contribution in [0, 0.1) is 18.6 Å². The van der Waals surface area contributed by atoms with E-state index in [1.54, 1.807) is 23.2 Å². The molecule has 0 spiro atoms. The van der Waals surface area contributed by atoms with Gasteiger partial charge in [-0.15, -0.1) is 0 Å². The molecule has 0 saturated carbocycles. The Morgan fingerprint density at radius 1 is 1.15 bits per heavy atom. The van der Waals surface area contributed by atoms with Gasteiger partial charge in [0.1, 0.15) is 18.2 Å². The first-order valence-corrected chi connectivity index (χ1v) is 15.0. The van der Waals surface area contributed by atoms with Crippen molar-refractivity contribution in [2.75, 3.05) is 31.1 Å². The van der Waals surface area contributed by atoms with Crippen molar-refractivity contribution < 1.29 is 18.3 Å². The Hall–Kier alpha value is -5.39. The number of anilines is 1.